The molecule has 3 aromatic rings. The number of hydrogen-bond donors (Lipinski definition) is 1. The van der Waals surface area contributed by atoms with Crippen molar-refractivity contribution in [3.8, 4) is 17.0 Å². The van der Waals surface area contributed by atoms with Gasteiger partial charge in [0, 0.05) is 10.6 Å². The zero-order valence-corrected chi connectivity index (χ0v) is 14.0. The topological polar surface area (TPSA) is 82.3 Å². The summed E-state index contributed by atoms with van der Waals surface area (Å²) < 4.78 is 29.8. The van der Waals surface area contributed by atoms with Gasteiger partial charge in [-0.2, -0.15) is 8.42 Å². The van der Waals surface area contributed by atoms with Gasteiger partial charge in [-0.1, -0.05) is 41.9 Å². The van der Waals surface area contributed by atoms with Crippen molar-refractivity contribution in [2.45, 2.75) is 4.90 Å². The van der Waals surface area contributed by atoms with Crippen LogP contribution in [0, 0.1) is 0 Å². The van der Waals surface area contributed by atoms with Gasteiger partial charge in [0.25, 0.3) is 0 Å². The molecule has 0 radical (unpaired) electrons. The fraction of sp³-hybridized carbons (Fsp3) is 0. The summed E-state index contributed by atoms with van der Waals surface area (Å²) in [5, 5.41) is 0.599. The minimum Gasteiger partial charge on any atom is -0.382 e. The Morgan fingerprint density at radius 1 is 0.917 bits per heavy atom. The first-order valence-electron chi connectivity index (χ1n) is 6.98. The molecule has 7 heteroatoms. The van der Waals surface area contributed by atoms with E-state index in [0.717, 1.165) is 5.56 Å². The summed E-state index contributed by atoms with van der Waals surface area (Å²) in [5.41, 5.74) is 7.15. The van der Waals surface area contributed by atoms with Gasteiger partial charge in [-0.3, -0.25) is 0 Å². The Balaban J connectivity index is 1.93. The molecular formula is C17H13ClN2O3S. The van der Waals surface area contributed by atoms with E-state index in [0.29, 0.717) is 10.7 Å². The van der Waals surface area contributed by atoms with Gasteiger partial charge in [-0.15, -0.1) is 0 Å². The standard InChI is InChI=1S/C17H13ClN2O3S/c18-13-8-6-12(7-9-13)15-10-11-16(17(19)20-15)24(21,22)23-14-4-2-1-3-5-14/h1-11H,(H2,19,20). The minimum atomic E-state index is -4.06. The molecule has 0 aliphatic carbocycles. The maximum absolute atomic E-state index is 12.4. The number of pyridine rings is 1. The van der Waals surface area contributed by atoms with Crippen LogP contribution in [0.2, 0.25) is 5.02 Å². The average Bonchev–Trinajstić information content (AvgIpc) is 2.55. The lowest BCUT2D eigenvalue weighted by Crippen LogP contribution is -2.13. The zero-order valence-electron chi connectivity index (χ0n) is 12.4. The van der Waals surface area contributed by atoms with Crippen molar-refractivity contribution in [1.82, 2.24) is 4.98 Å². The molecule has 1 heterocycles. The molecule has 5 nitrogen and oxygen atoms in total. The summed E-state index contributed by atoms with van der Waals surface area (Å²) in [6, 6.07) is 18.1. The van der Waals surface area contributed by atoms with Crippen molar-refractivity contribution in [3.63, 3.8) is 0 Å². The Bertz CT molecular complexity index is 959. The number of nitrogens with zero attached hydrogens (tertiary/aromatic N) is 1. The van der Waals surface area contributed by atoms with Gasteiger partial charge in [-0.25, -0.2) is 4.98 Å². The third-order valence-corrected chi connectivity index (χ3v) is 4.79. The maximum Gasteiger partial charge on any atom is 0.342 e. The minimum absolute atomic E-state index is 0.126. The Kier molecular flexibility index (Phi) is 4.42. The monoisotopic (exact) mass is 360 g/mol. The molecule has 0 unspecified atom stereocenters. The Morgan fingerprint density at radius 2 is 1.58 bits per heavy atom. The number of halogens is 1. The van der Waals surface area contributed by atoms with E-state index in [1.165, 1.54) is 6.07 Å². The van der Waals surface area contributed by atoms with E-state index in [1.54, 1.807) is 60.7 Å². The predicted octanol–water partition coefficient (Wildman–Crippen LogP) is 3.75. The molecule has 0 saturated carbocycles. The zero-order chi connectivity index (χ0) is 17.2. The first-order valence-corrected chi connectivity index (χ1v) is 8.76. The van der Waals surface area contributed by atoms with Crippen LogP contribution in [0.25, 0.3) is 11.3 Å². The number of hydrogen-bond acceptors (Lipinski definition) is 5. The molecule has 0 amide bonds. The van der Waals surface area contributed by atoms with E-state index in [9.17, 15) is 8.42 Å². The normalized spacial score (nSPS) is 11.2. The van der Waals surface area contributed by atoms with Gasteiger partial charge in [0.2, 0.25) is 0 Å². The largest absolute Gasteiger partial charge is 0.382 e. The molecule has 0 aliphatic heterocycles. The average molecular weight is 361 g/mol. The van der Waals surface area contributed by atoms with E-state index in [2.05, 4.69) is 4.98 Å². The fourth-order valence-corrected chi connectivity index (χ4v) is 3.22. The van der Waals surface area contributed by atoms with E-state index < -0.39 is 10.1 Å². The molecule has 0 atom stereocenters. The van der Waals surface area contributed by atoms with Crippen molar-refractivity contribution >= 4 is 27.5 Å². The molecular weight excluding hydrogens is 348 g/mol. The summed E-state index contributed by atoms with van der Waals surface area (Å²) >= 11 is 5.85. The first-order chi connectivity index (χ1) is 11.5. The summed E-state index contributed by atoms with van der Waals surface area (Å²) in [6.45, 7) is 0. The van der Waals surface area contributed by atoms with Crippen LogP contribution in [0.5, 0.6) is 5.75 Å². The van der Waals surface area contributed by atoms with Crippen LogP contribution in [0.15, 0.2) is 71.6 Å². The molecule has 0 spiro atoms. The summed E-state index contributed by atoms with van der Waals surface area (Å²) in [6.07, 6.45) is 0. The number of nitrogens with two attached hydrogens (primary N) is 1. The second-order valence-electron chi connectivity index (χ2n) is 4.94. The van der Waals surface area contributed by atoms with Crippen molar-refractivity contribution in [1.29, 1.82) is 0 Å². The second-order valence-corrected chi connectivity index (χ2v) is 6.89. The van der Waals surface area contributed by atoms with Gasteiger partial charge in [0.1, 0.15) is 16.5 Å². The smallest absolute Gasteiger partial charge is 0.342 e. The highest BCUT2D eigenvalue weighted by molar-refractivity contribution is 7.87. The first kappa shape index (κ1) is 16.3. The van der Waals surface area contributed by atoms with Crippen LogP contribution >= 0.6 is 11.6 Å². The Morgan fingerprint density at radius 3 is 2.21 bits per heavy atom. The molecule has 24 heavy (non-hydrogen) atoms. The number of aromatic nitrogens is 1. The number of nitrogen functional groups attached to an aromatic ring is 1. The molecule has 0 aliphatic rings. The van der Waals surface area contributed by atoms with Crippen molar-refractivity contribution in [2.24, 2.45) is 0 Å². The number of para-hydroxylation sites is 1. The Hall–Kier alpha value is -2.57. The predicted molar refractivity (Wildman–Crippen MR) is 93.4 cm³/mol. The molecule has 0 fully saturated rings. The lowest BCUT2D eigenvalue weighted by molar-refractivity contribution is 0.486. The van der Waals surface area contributed by atoms with Crippen LogP contribution in [-0.2, 0) is 10.1 Å². The molecule has 122 valence electrons. The highest BCUT2D eigenvalue weighted by Crippen LogP contribution is 2.26. The SMILES string of the molecule is Nc1nc(-c2ccc(Cl)cc2)ccc1S(=O)(=O)Oc1ccccc1. The second kappa shape index (κ2) is 6.51. The Labute approximate surface area is 144 Å². The quantitative estimate of drug-likeness (QED) is 0.716. The van der Waals surface area contributed by atoms with Crippen LogP contribution in [0.4, 0.5) is 5.82 Å². The molecule has 0 saturated heterocycles. The number of benzene rings is 2. The summed E-state index contributed by atoms with van der Waals surface area (Å²) in [4.78, 5) is 3.98. The van der Waals surface area contributed by atoms with E-state index in [1.807, 2.05) is 0 Å². The van der Waals surface area contributed by atoms with Crippen molar-refractivity contribution in [2.75, 3.05) is 5.73 Å². The number of rotatable bonds is 4. The maximum atomic E-state index is 12.4. The molecule has 3 rings (SSSR count). The van der Waals surface area contributed by atoms with E-state index in [-0.39, 0.29) is 16.5 Å². The molecule has 0 bridgehead atoms. The molecule has 1 aromatic heterocycles. The third kappa shape index (κ3) is 3.50. The lowest BCUT2D eigenvalue weighted by atomic mass is 10.1. The van der Waals surface area contributed by atoms with Gasteiger partial charge in [0.15, 0.2) is 0 Å². The van der Waals surface area contributed by atoms with Crippen LogP contribution in [0.3, 0.4) is 0 Å². The van der Waals surface area contributed by atoms with Gasteiger partial charge in [-0.05, 0) is 36.4 Å². The highest BCUT2D eigenvalue weighted by atomic mass is 35.5. The van der Waals surface area contributed by atoms with E-state index >= 15 is 0 Å². The third-order valence-electron chi connectivity index (χ3n) is 3.24. The highest BCUT2D eigenvalue weighted by Gasteiger charge is 2.21. The van der Waals surface area contributed by atoms with Crippen LogP contribution < -0.4 is 9.92 Å². The summed E-state index contributed by atoms with van der Waals surface area (Å²) in [5.74, 6) is 0.0806. The number of anilines is 1. The van der Waals surface area contributed by atoms with Crippen LogP contribution in [-0.4, -0.2) is 13.4 Å². The summed E-state index contributed by atoms with van der Waals surface area (Å²) in [7, 11) is -4.06. The molecule has 2 aromatic carbocycles. The van der Waals surface area contributed by atoms with Gasteiger partial charge < -0.3 is 9.92 Å². The van der Waals surface area contributed by atoms with Crippen molar-refractivity contribution in [3.05, 3.63) is 71.8 Å². The van der Waals surface area contributed by atoms with Crippen LogP contribution in [0.1, 0.15) is 0 Å². The molecule has 2 N–H and O–H groups in total. The lowest BCUT2D eigenvalue weighted by Gasteiger charge is -2.10. The van der Waals surface area contributed by atoms with Crippen molar-refractivity contribution < 1.29 is 12.6 Å². The van der Waals surface area contributed by atoms with Gasteiger partial charge >= 0.3 is 10.1 Å². The van der Waals surface area contributed by atoms with E-state index in [4.69, 9.17) is 21.5 Å². The fourth-order valence-electron chi connectivity index (χ4n) is 2.10. The van der Waals surface area contributed by atoms with Gasteiger partial charge in [0.05, 0.1) is 5.69 Å².